The van der Waals surface area contributed by atoms with Gasteiger partial charge >= 0.3 is 0 Å². The zero-order chi connectivity index (χ0) is 13.9. The summed E-state index contributed by atoms with van der Waals surface area (Å²) in [6.07, 6.45) is 1.76. The van der Waals surface area contributed by atoms with Crippen molar-refractivity contribution in [3.8, 4) is 0 Å². The van der Waals surface area contributed by atoms with E-state index in [-0.39, 0.29) is 6.04 Å². The van der Waals surface area contributed by atoms with E-state index in [1.54, 1.807) is 6.26 Å². The number of nitrogens with two attached hydrogens (primary N) is 1. The van der Waals surface area contributed by atoms with E-state index in [9.17, 15) is 0 Å². The van der Waals surface area contributed by atoms with E-state index in [1.165, 1.54) is 0 Å². The van der Waals surface area contributed by atoms with Gasteiger partial charge in [-0.1, -0.05) is 35.9 Å². The molecule has 1 heterocycles. The molecule has 102 valence electrons. The normalized spacial score (nSPS) is 12.5. The highest BCUT2D eigenvalue weighted by atomic mass is 35.5. The maximum absolute atomic E-state index is 6.00. The second kappa shape index (κ2) is 5.57. The van der Waals surface area contributed by atoms with E-state index in [4.69, 9.17) is 21.8 Å². The van der Waals surface area contributed by atoms with Crippen LogP contribution in [0.5, 0.6) is 0 Å². The molecule has 0 aliphatic rings. The SMILES string of the molecule is NCC(Nc1cccc(Cl)c1)c1coc2ccccc12. The average molecular weight is 287 g/mol. The Hall–Kier alpha value is -1.97. The molecule has 0 aliphatic carbocycles. The van der Waals surface area contributed by atoms with E-state index in [0.29, 0.717) is 11.6 Å². The van der Waals surface area contributed by atoms with Gasteiger partial charge in [0.25, 0.3) is 0 Å². The lowest BCUT2D eigenvalue weighted by molar-refractivity contribution is 0.605. The fraction of sp³-hybridized carbons (Fsp3) is 0.125. The summed E-state index contributed by atoms with van der Waals surface area (Å²) in [6.45, 7) is 0.468. The third kappa shape index (κ3) is 2.50. The zero-order valence-corrected chi connectivity index (χ0v) is 11.6. The van der Waals surface area contributed by atoms with Crippen LogP contribution in [0, 0.1) is 0 Å². The molecule has 2 aromatic carbocycles. The number of rotatable bonds is 4. The fourth-order valence-electron chi connectivity index (χ4n) is 2.31. The zero-order valence-electron chi connectivity index (χ0n) is 10.8. The average Bonchev–Trinajstić information content (AvgIpc) is 2.89. The van der Waals surface area contributed by atoms with Gasteiger partial charge in [-0.2, -0.15) is 0 Å². The molecule has 0 spiro atoms. The summed E-state index contributed by atoms with van der Waals surface area (Å²) in [5, 5.41) is 5.17. The smallest absolute Gasteiger partial charge is 0.134 e. The molecule has 1 atom stereocenters. The van der Waals surface area contributed by atoms with Crippen LogP contribution < -0.4 is 11.1 Å². The number of fused-ring (bicyclic) bond motifs is 1. The molecule has 1 aromatic heterocycles. The minimum absolute atomic E-state index is 0.0166. The Morgan fingerprint density at radius 1 is 1.15 bits per heavy atom. The quantitative estimate of drug-likeness (QED) is 0.756. The third-order valence-corrected chi connectivity index (χ3v) is 3.52. The van der Waals surface area contributed by atoms with E-state index >= 15 is 0 Å². The Labute approximate surface area is 122 Å². The van der Waals surface area contributed by atoms with Crippen molar-refractivity contribution in [3.63, 3.8) is 0 Å². The Morgan fingerprint density at radius 3 is 2.80 bits per heavy atom. The molecule has 20 heavy (non-hydrogen) atoms. The Kier molecular flexibility index (Phi) is 3.63. The Balaban J connectivity index is 1.93. The second-order valence-corrected chi connectivity index (χ2v) is 5.07. The van der Waals surface area contributed by atoms with Crippen LogP contribution in [-0.2, 0) is 0 Å². The van der Waals surface area contributed by atoms with E-state index in [1.807, 2.05) is 48.5 Å². The molecule has 3 aromatic rings. The minimum atomic E-state index is -0.0166. The molecule has 0 amide bonds. The maximum Gasteiger partial charge on any atom is 0.134 e. The summed E-state index contributed by atoms with van der Waals surface area (Å²) >= 11 is 6.00. The molecular weight excluding hydrogens is 272 g/mol. The van der Waals surface area contributed by atoms with E-state index in [0.717, 1.165) is 22.2 Å². The highest BCUT2D eigenvalue weighted by Gasteiger charge is 2.15. The number of halogens is 1. The Bertz CT molecular complexity index is 723. The summed E-state index contributed by atoms with van der Waals surface area (Å²) in [4.78, 5) is 0. The number of benzene rings is 2. The van der Waals surface area contributed by atoms with Gasteiger partial charge in [0.2, 0.25) is 0 Å². The second-order valence-electron chi connectivity index (χ2n) is 4.63. The summed E-state index contributed by atoms with van der Waals surface area (Å²) in [5.74, 6) is 0. The topological polar surface area (TPSA) is 51.2 Å². The van der Waals surface area contributed by atoms with Crippen LogP contribution in [0.4, 0.5) is 5.69 Å². The van der Waals surface area contributed by atoms with E-state index < -0.39 is 0 Å². The summed E-state index contributed by atoms with van der Waals surface area (Å²) in [6, 6.07) is 15.5. The first-order valence-electron chi connectivity index (χ1n) is 6.46. The first-order valence-corrected chi connectivity index (χ1v) is 6.84. The Morgan fingerprint density at radius 2 is 2.00 bits per heavy atom. The molecule has 0 fully saturated rings. The van der Waals surface area contributed by atoms with Crippen LogP contribution in [0.15, 0.2) is 59.2 Å². The molecule has 0 bridgehead atoms. The fourth-order valence-corrected chi connectivity index (χ4v) is 2.50. The van der Waals surface area contributed by atoms with Gasteiger partial charge in [-0.3, -0.25) is 0 Å². The van der Waals surface area contributed by atoms with Crippen molar-refractivity contribution in [2.75, 3.05) is 11.9 Å². The standard InChI is InChI=1S/C16H15ClN2O/c17-11-4-3-5-12(8-11)19-15(9-18)14-10-20-16-7-2-1-6-13(14)16/h1-8,10,15,19H,9,18H2. The molecule has 0 saturated heterocycles. The maximum atomic E-state index is 6.00. The summed E-state index contributed by atoms with van der Waals surface area (Å²) < 4.78 is 5.57. The van der Waals surface area contributed by atoms with Gasteiger partial charge in [0.15, 0.2) is 0 Å². The minimum Gasteiger partial charge on any atom is -0.464 e. The van der Waals surface area contributed by atoms with Crippen LogP contribution >= 0.6 is 11.6 Å². The molecule has 4 heteroatoms. The molecule has 3 N–H and O–H groups in total. The number of hydrogen-bond acceptors (Lipinski definition) is 3. The van der Waals surface area contributed by atoms with Crippen molar-refractivity contribution in [2.45, 2.75) is 6.04 Å². The number of hydrogen-bond donors (Lipinski definition) is 2. The molecule has 3 rings (SSSR count). The highest BCUT2D eigenvalue weighted by Crippen LogP contribution is 2.28. The monoisotopic (exact) mass is 286 g/mol. The van der Waals surface area contributed by atoms with Crippen molar-refractivity contribution in [1.82, 2.24) is 0 Å². The predicted molar refractivity (Wildman–Crippen MR) is 83.1 cm³/mol. The van der Waals surface area contributed by atoms with Crippen LogP contribution in [0.3, 0.4) is 0 Å². The first kappa shape index (κ1) is 13.0. The van der Waals surface area contributed by atoms with Crippen LogP contribution in [-0.4, -0.2) is 6.54 Å². The first-order chi connectivity index (χ1) is 9.78. The van der Waals surface area contributed by atoms with Crippen LogP contribution in [0.2, 0.25) is 5.02 Å². The molecule has 0 saturated carbocycles. The molecule has 1 unspecified atom stereocenters. The predicted octanol–water partition coefficient (Wildman–Crippen LogP) is 4.20. The van der Waals surface area contributed by atoms with Crippen molar-refractivity contribution < 1.29 is 4.42 Å². The lowest BCUT2D eigenvalue weighted by Crippen LogP contribution is -2.20. The largest absolute Gasteiger partial charge is 0.464 e. The van der Waals surface area contributed by atoms with E-state index in [2.05, 4.69) is 5.32 Å². The molecule has 0 aliphatic heterocycles. The third-order valence-electron chi connectivity index (χ3n) is 3.29. The molecule has 0 radical (unpaired) electrons. The van der Waals surface area contributed by atoms with Gasteiger partial charge in [0.05, 0.1) is 12.3 Å². The lowest BCUT2D eigenvalue weighted by atomic mass is 10.1. The summed E-state index contributed by atoms with van der Waals surface area (Å²) in [7, 11) is 0. The van der Waals surface area contributed by atoms with Crippen molar-refractivity contribution in [2.24, 2.45) is 5.73 Å². The molecular formula is C16H15ClN2O. The van der Waals surface area contributed by atoms with Gasteiger partial charge in [-0.15, -0.1) is 0 Å². The number of anilines is 1. The van der Waals surface area contributed by atoms with Crippen LogP contribution in [0.25, 0.3) is 11.0 Å². The summed E-state index contributed by atoms with van der Waals surface area (Å²) in [5.41, 5.74) is 8.77. The van der Waals surface area contributed by atoms with Gasteiger partial charge in [0.1, 0.15) is 5.58 Å². The number of furan rings is 1. The van der Waals surface area contributed by atoms with Crippen molar-refractivity contribution in [3.05, 3.63) is 65.4 Å². The van der Waals surface area contributed by atoms with Gasteiger partial charge < -0.3 is 15.5 Å². The van der Waals surface area contributed by atoms with Gasteiger partial charge in [0, 0.05) is 28.2 Å². The van der Waals surface area contributed by atoms with Crippen molar-refractivity contribution >= 4 is 28.3 Å². The van der Waals surface area contributed by atoms with Gasteiger partial charge in [-0.05, 0) is 24.3 Å². The lowest BCUT2D eigenvalue weighted by Gasteiger charge is -2.17. The van der Waals surface area contributed by atoms with Crippen LogP contribution in [0.1, 0.15) is 11.6 Å². The number of para-hydroxylation sites is 1. The number of nitrogens with one attached hydrogen (secondary N) is 1. The van der Waals surface area contributed by atoms with Gasteiger partial charge in [-0.25, -0.2) is 0 Å². The van der Waals surface area contributed by atoms with Crippen molar-refractivity contribution in [1.29, 1.82) is 0 Å². The molecule has 3 nitrogen and oxygen atoms in total. The highest BCUT2D eigenvalue weighted by molar-refractivity contribution is 6.30.